The fourth-order valence-corrected chi connectivity index (χ4v) is 1.11. The van der Waals surface area contributed by atoms with Gasteiger partial charge in [0, 0.05) is 12.7 Å². The third kappa shape index (κ3) is 1.50. The average Bonchev–Trinajstić information content (AvgIpc) is 2.51. The van der Waals surface area contributed by atoms with Gasteiger partial charge < -0.3 is 5.73 Å². The predicted molar refractivity (Wildman–Crippen MR) is 50.0 cm³/mol. The summed E-state index contributed by atoms with van der Waals surface area (Å²) in [5, 5.41) is 4.27. The van der Waals surface area contributed by atoms with E-state index in [1.807, 2.05) is 24.0 Å². The second-order valence-corrected chi connectivity index (χ2v) is 3.52. The van der Waals surface area contributed by atoms with Gasteiger partial charge in [-0.1, -0.05) is 6.92 Å². The van der Waals surface area contributed by atoms with Crippen LogP contribution in [-0.2, 0) is 5.54 Å². The summed E-state index contributed by atoms with van der Waals surface area (Å²) in [6.45, 7) is 6.92. The molecule has 0 fully saturated rings. The molecule has 1 aromatic heterocycles. The fraction of sp³-hybridized carbons (Fsp3) is 0.667. The molecule has 0 aliphatic rings. The molecule has 68 valence electrons. The number of hydrogen-bond acceptors (Lipinski definition) is 2. The topological polar surface area (TPSA) is 43.8 Å². The van der Waals surface area contributed by atoms with Crippen molar-refractivity contribution in [3.8, 4) is 0 Å². The van der Waals surface area contributed by atoms with E-state index in [1.54, 1.807) is 0 Å². The smallest absolute Gasteiger partial charge is 0.0718 e. The van der Waals surface area contributed by atoms with Gasteiger partial charge in [0.05, 0.1) is 11.7 Å². The molecule has 0 amide bonds. The molecule has 0 spiro atoms. The number of rotatable bonds is 3. The molecule has 0 bridgehead atoms. The van der Waals surface area contributed by atoms with Crippen LogP contribution in [0.1, 0.15) is 25.8 Å². The Balaban J connectivity index is 2.94. The van der Waals surface area contributed by atoms with Crippen molar-refractivity contribution in [1.29, 1.82) is 0 Å². The highest BCUT2D eigenvalue weighted by molar-refractivity contribution is 5.02. The summed E-state index contributed by atoms with van der Waals surface area (Å²) in [7, 11) is 0. The van der Waals surface area contributed by atoms with Crippen molar-refractivity contribution in [3.05, 3.63) is 18.0 Å². The van der Waals surface area contributed by atoms with Crippen LogP contribution in [0.2, 0.25) is 0 Å². The van der Waals surface area contributed by atoms with E-state index < -0.39 is 0 Å². The van der Waals surface area contributed by atoms with Crippen LogP contribution in [0.4, 0.5) is 0 Å². The standard InChI is InChI=1S/C9H17N3/c1-4-9(3,7-10)12-6-8(2)5-11-12/h5-6H,4,7,10H2,1-3H3. The molecule has 3 nitrogen and oxygen atoms in total. The van der Waals surface area contributed by atoms with E-state index in [1.165, 1.54) is 5.56 Å². The second kappa shape index (κ2) is 3.27. The molecule has 1 aromatic rings. The van der Waals surface area contributed by atoms with Crippen molar-refractivity contribution in [1.82, 2.24) is 9.78 Å². The predicted octanol–water partition coefficient (Wildman–Crippen LogP) is 1.28. The normalized spacial score (nSPS) is 16.0. The Kier molecular flexibility index (Phi) is 2.52. The van der Waals surface area contributed by atoms with Crippen LogP contribution in [0.3, 0.4) is 0 Å². The third-order valence-electron chi connectivity index (χ3n) is 2.47. The van der Waals surface area contributed by atoms with Crippen molar-refractivity contribution in [3.63, 3.8) is 0 Å². The highest BCUT2D eigenvalue weighted by atomic mass is 15.3. The third-order valence-corrected chi connectivity index (χ3v) is 2.47. The van der Waals surface area contributed by atoms with E-state index in [9.17, 15) is 0 Å². The SMILES string of the molecule is CCC(C)(CN)n1cc(C)cn1. The van der Waals surface area contributed by atoms with E-state index in [4.69, 9.17) is 5.73 Å². The fourth-order valence-electron chi connectivity index (χ4n) is 1.11. The Bertz CT molecular complexity index is 248. The van der Waals surface area contributed by atoms with Crippen LogP contribution >= 0.6 is 0 Å². The summed E-state index contributed by atoms with van der Waals surface area (Å²) in [5.74, 6) is 0. The molecule has 0 aliphatic carbocycles. The Hall–Kier alpha value is -0.830. The van der Waals surface area contributed by atoms with E-state index in [-0.39, 0.29) is 5.54 Å². The summed E-state index contributed by atoms with van der Waals surface area (Å²) in [6.07, 6.45) is 4.91. The van der Waals surface area contributed by atoms with Crippen LogP contribution < -0.4 is 5.73 Å². The largest absolute Gasteiger partial charge is 0.328 e. The summed E-state index contributed by atoms with van der Waals surface area (Å²) in [4.78, 5) is 0. The first-order chi connectivity index (χ1) is 5.62. The van der Waals surface area contributed by atoms with Crippen molar-refractivity contribution < 1.29 is 0 Å². The monoisotopic (exact) mass is 167 g/mol. The number of nitrogens with zero attached hydrogens (tertiary/aromatic N) is 2. The molecule has 0 aromatic carbocycles. The molecule has 1 unspecified atom stereocenters. The minimum Gasteiger partial charge on any atom is -0.328 e. The summed E-state index contributed by atoms with van der Waals surface area (Å²) >= 11 is 0. The molecule has 2 N–H and O–H groups in total. The first-order valence-corrected chi connectivity index (χ1v) is 4.34. The highest BCUT2D eigenvalue weighted by Gasteiger charge is 2.22. The van der Waals surface area contributed by atoms with Crippen LogP contribution in [0.25, 0.3) is 0 Å². The van der Waals surface area contributed by atoms with Gasteiger partial charge >= 0.3 is 0 Å². The molecule has 3 heteroatoms. The van der Waals surface area contributed by atoms with Gasteiger partial charge in [0.15, 0.2) is 0 Å². The van der Waals surface area contributed by atoms with Crippen LogP contribution in [-0.4, -0.2) is 16.3 Å². The van der Waals surface area contributed by atoms with Crippen LogP contribution in [0, 0.1) is 6.92 Å². The Morgan fingerprint density at radius 1 is 1.67 bits per heavy atom. The Morgan fingerprint density at radius 2 is 2.33 bits per heavy atom. The van der Waals surface area contributed by atoms with Gasteiger partial charge in [0.1, 0.15) is 0 Å². The molecule has 1 heterocycles. The van der Waals surface area contributed by atoms with E-state index >= 15 is 0 Å². The lowest BCUT2D eigenvalue weighted by molar-refractivity contribution is 0.285. The molecule has 1 rings (SSSR count). The molecule has 0 aliphatic heterocycles. The van der Waals surface area contributed by atoms with Crippen molar-refractivity contribution in [2.45, 2.75) is 32.7 Å². The highest BCUT2D eigenvalue weighted by Crippen LogP contribution is 2.17. The van der Waals surface area contributed by atoms with E-state index in [2.05, 4.69) is 18.9 Å². The summed E-state index contributed by atoms with van der Waals surface area (Å²) < 4.78 is 1.96. The molecule has 1 atom stereocenters. The zero-order valence-electron chi connectivity index (χ0n) is 8.04. The van der Waals surface area contributed by atoms with Gasteiger partial charge in [0.25, 0.3) is 0 Å². The first-order valence-electron chi connectivity index (χ1n) is 4.34. The van der Waals surface area contributed by atoms with E-state index in [0.717, 1.165) is 6.42 Å². The molecule has 0 radical (unpaired) electrons. The lowest BCUT2D eigenvalue weighted by atomic mass is 10.00. The maximum Gasteiger partial charge on any atom is 0.0718 e. The first kappa shape index (κ1) is 9.26. The van der Waals surface area contributed by atoms with Gasteiger partial charge in [-0.25, -0.2) is 0 Å². The van der Waals surface area contributed by atoms with Crippen LogP contribution in [0.5, 0.6) is 0 Å². The minimum atomic E-state index is -0.0196. The molecule has 12 heavy (non-hydrogen) atoms. The van der Waals surface area contributed by atoms with Gasteiger partial charge in [0.2, 0.25) is 0 Å². The van der Waals surface area contributed by atoms with Crippen molar-refractivity contribution >= 4 is 0 Å². The van der Waals surface area contributed by atoms with Gasteiger partial charge in [-0.15, -0.1) is 0 Å². The number of aryl methyl sites for hydroxylation is 1. The quantitative estimate of drug-likeness (QED) is 0.737. The van der Waals surface area contributed by atoms with E-state index in [0.29, 0.717) is 6.54 Å². The zero-order chi connectivity index (χ0) is 9.19. The molecular formula is C9H17N3. The lowest BCUT2D eigenvalue weighted by Gasteiger charge is -2.26. The average molecular weight is 167 g/mol. The van der Waals surface area contributed by atoms with Gasteiger partial charge in [-0.05, 0) is 25.8 Å². The maximum atomic E-state index is 5.70. The van der Waals surface area contributed by atoms with Crippen LogP contribution in [0.15, 0.2) is 12.4 Å². The van der Waals surface area contributed by atoms with Crippen molar-refractivity contribution in [2.75, 3.05) is 6.54 Å². The number of aromatic nitrogens is 2. The minimum absolute atomic E-state index is 0.0196. The van der Waals surface area contributed by atoms with Gasteiger partial charge in [-0.2, -0.15) is 5.10 Å². The maximum absolute atomic E-state index is 5.70. The number of hydrogen-bond donors (Lipinski definition) is 1. The Morgan fingerprint density at radius 3 is 2.67 bits per heavy atom. The molecule has 0 saturated carbocycles. The summed E-state index contributed by atoms with van der Waals surface area (Å²) in [6, 6.07) is 0. The zero-order valence-corrected chi connectivity index (χ0v) is 8.04. The lowest BCUT2D eigenvalue weighted by Crippen LogP contribution is -2.37. The number of nitrogens with two attached hydrogens (primary N) is 1. The summed E-state index contributed by atoms with van der Waals surface area (Å²) in [5.41, 5.74) is 6.86. The molecular weight excluding hydrogens is 150 g/mol. The van der Waals surface area contributed by atoms with Crippen molar-refractivity contribution in [2.24, 2.45) is 5.73 Å². The van der Waals surface area contributed by atoms with Gasteiger partial charge in [-0.3, -0.25) is 4.68 Å². The Labute approximate surface area is 73.6 Å². The molecule has 0 saturated heterocycles. The second-order valence-electron chi connectivity index (χ2n) is 3.52.